The Bertz CT molecular complexity index is 1280. The van der Waals surface area contributed by atoms with E-state index in [9.17, 15) is 18.0 Å². The van der Waals surface area contributed by atoms with Gasteiger partial charge in [-0.1, -0.05) is 54.5 Å². The lowest BCUT2D eigenvalue weighted by molar-refractivity contribution is -0.176. The monoisotopic (exact) mass is 610 g/mol. The molecule has 1 aromatic rings. The molecule has 0 fully saturated rings. The highest BCUT2D eigenvalue weighted by molar-refractivity contribution is 6.74. The number of aromatic nitrogens is 1. The van der Waals surface area contributed by atoms with E-state index in [0.717, 1.165) is 23.3 Å². The highest BCUT2D eigenvalue weighted by Crippen LogP contribution is 2.51. The third kappa shape index (κ3) is 6.60. The summed E-state index contributed by atoms with van der Waals surface area (Å²) in [5.74, 6) is -2.76. The first-order valence-corrected chi connectivity index (χ1v) is 18.0. The zero-order valence-electron chi connectivity index (χ0n) is 26.5. The molecule has 0 N–H and O–H groups in total. The molecular formula is C32H46F4N2O3Si. The fourth-order valence-electron chi connectivity index (χ4n) is 5.97. The third-order valence-corrected chi connectivity index (χ3v) is 13.8. The molecule has 0 saturated carbocycles. The van der Waals surface area contributed by atoms with Crippen molar-refractivity contribution in [2.24, 2.45) is 16.3 Å². The number of hydrogen-bond acceptors (Lipinski definition) is 5. The number of carbonyl (C=O) groups excluding carboxylic acids is 1. The molecule has 4 rings (SSSR count). The molecular weight excluding hydrogens is 564 g/mol. The Kier molecular flexibility index (Phi) is 9.07. The molecule has 0 aromatic carbocycles. The van der Waals surface area contributed by atoms with Gasteiger partial charge in [0.1, 0.15) is 11.9 Å². The minimum Gasteiger partial charge on any atom is -0.410 e. The topological polar surface area (TPSA) is 60.8 Å². The smallest absolute Gasteiger partial charge is 0.393 e. The number of pyridine rings is 1. The minimum atomic E-state index is -4.57. The number of ether oxygens (including phenoxy) is 1. The molecule has 0 saturated heterocycles. The highest BCUT2D eigenvalue weighted by Gasteiger charge is 2.48. The van der Waals surface area contributed by atoms with Crippen molar-refractivity contribution in [3.8, 4) is 0 Å². The quantitative estimate of drug-likeness (QED) is 0.184. The van der Waals surface area contributed by atoms with E-state index >= 15 is 4.39 Å². The summed E-state index contributed by atoms with van der Waals surface area (Å²) in [6.45, 7) is 19.4. The zero-order valence-corrected chi connectivity index (χ0v) is 27.5. The Hall–Kier alpha value is -1.91. The summed E-state index contributed by atoms with van der Waals surface area (Å²) in [6.07, 6.45) is -3.91. The number of alkyl halides is 4. The first-order valence-electron chi connectivity index (χ1n) is 15.0. The minimum absolute atomic E-state index is 0.0654. The fraction of sp³-hybridized carbons (Fsp3) is 0.719. The number of carbonyl (C=O) groups is 1. The van der Waals surface area contributed by atoms with Crippen LogP contribution in [-0.2, 0) is 15.6 Å². The average molecular weight is 611 g/mol. The summed E-state index contributed by atoms with van der Waals surface area (Å²) in [5.41, 5.74) is 3.57. The van der Waals surface area contributed by atoms with Gasteiger partial charge < -0.3 is 9.16 Å². The van der Waals surface area contributed by atoms with E-state index in [1.54, 1.807) is 0 Å². The standard InChI is InChI=1S/C32H46F4N2O3Si/c1-18(2)27-26(29(39)28-21(33)14-20(17-37-28)32(34,35)36)24(19-10-12-40-13-11-19)25-22(38-27)15-31(6,7)16-23(25)41-42(8,9)30(3,4)5/h10,18,20-21,23H,11-17H2,1-9H3. The lowest BCUT2D eigenvalue weighted by Crippen LogP contribution is -2.44. The maximum absolute atomic E-state index is 15.4. The molecule has 2 aliphatic heterocycles. The number of ketones is 1. The Morgan fingerprint density at radius 3 is 2.38 bits per heavy atom. The first-order chi connectivity index (χ1) is 19.2. The summed E-state index contributed by atoms with van der Waals surface area (Å²) in [4.78, 5) is 23.4. The van der Waals surface area contributed by atoms with Crippen molar-refractivity contribution >= 4 is 25.4 Å². The van der Waals surface area contributed by atoms with Gasteiger partial charge >= 0.3 is 6.18 Å². The van der Waals surface area contributed by atoms with Gasteiger partial charge in [0.25, 0.3) is 0 Å². The molecule has 234 valence electrons. The predicted octanol–water partition coefficient (Wildman–Crippen LogP) is 8.59. The molecule has 0 radical (unpaired) electrons. The van der Waals surface area contributed by atoms with Gasteiger partial charge in [-0.15, -0.1) is 0 Å². The van der Waals surface area contributed by atoms with Crippen molar-refractivity contribution in [1.82, 2.24) is 4.98 Å². The first kappa shape index (κ1) is 33.0. The van der Waals surface area contributed by atoms with Gasteiger partial charge in [-0.3, -0.25) is 14.8 Å². The van der Waals surface area contributed by atoms with Gasteiger partial charge in [0.15, 0.2) is 8.32 Å². The second kappa shape index (κ2) is 11.5. The van der Waals surface area contributed by atoms with Crippen molar-refractivity contribution in [3.63, 3.8) is 0 Å². The summed E-state index contributed by atoms with van der Waals surface area (Å²) >= 11 is 0. The maximum atomic E-state index is 15.4. The molecule has 1 aromatic heterocycles. The Balaban J connectivity index is 1.99. The van der Waals surface area contributed by atoms with Crippen LogP contribution in [0, 0.1) is 11.3 Å². The summed E-state index contributed by atoms with van der Waals surface area (Å²) in [5, 5.41) is -0.0654. The molecule has 10 heteroatoms. The lowest BCUT2D eigenvalue weighted by Gasteiger charge is -2.45. The van der Waals surface area contributed by atoms with Crippen molar-refractivity contribution in [2.45, 2.75) is 117 Å². The van der Waals surface area contributed by atoms with E-state index in [-0.39, 0.29) is 28.0 Å². The lowest BCUT2D eigenvalue weighted by atomic mass is 9.71. The molecule has 3 unspecified atom stereocenters. The van der Waals surface area contributed by atoms with Crippen LogP contribution in [0.15, 0.2) is 11.1 Å². The van der Waals surface area contributed by atoms with Crippen LogP contribution in [0.4, 0.5) is 17.6 Å². The van der Waals surface area contributed by atoms with Crippen LogP contribution >= 0.6 is 0 Å². The number of hydrogen-bond donors (Lipinski definition) is 0. The normalized spacial score (nSPS) is 25.1. The number of halogens is 4. The SMILES string of the molecule is CC(C)c1nc2c(c(C3=CCOCC3)c1C(=O)C1=NCC(C(F)(F)F)CC1F)C(O[Si](C)(C)C(C)(C)C)CC(C)(C)C2. The van der Waals surface area contributed by atoms with Crippen LogP contribution in [0.1, 0.15) is 113 Å². The van der Waals surface area contributed by atoms with Crippen molar-refractivity contribution < 1.29 is 31.5 Å². The molecule has 3 heterocycles. The van der Waals surface area contributed by atoms with Crippen LogP contribution < -0.4 is 0 Å². The highest BCUT2D eigenvalue weighted by atomic mass is 28.4. The van der Waals surface area contributed by atoms with Crippen molar-refractivity contribution in [1.29, 1.82) is 0 Å². The summed E-state index contributed by atoms with van der Waals surface area (Å²) in [6, 6.07) is 0. The van der Waals surface area contributed by atoms with Crippen LogP contribution in [0.2, 0.25) is 18.1 Å². The van der Waals surface area contributed by atoms with Gasteiger partial charge in [-0.2, -0.15) is 13.2 Å². The number of Topliss-reactive ketones (excluding diaryl/α,β-unsaturated/α-hetero) is 1. The van der Waals surface area contributed by atoms with Gasteiger partial charge in [-0.25, -0.2) is 4.39 Å². The Morgan fingerprint density at radius 2 is 1.86 bits per heavy atom. The summed E-state index contributed by atoms with van der Waals surface area (Å²) in [7, 11) is -2.29. The molecule has 42 heavy (non-hydrogen) atoms. The van der Waals surface area contributed by atoms with E-state index < -0.39 is 51.0 Å². The molecule has 1 aliphatic carbocycles. The van der Waals surface area contributed by atoms with E-state index in [1.165, 1.54) is 0 Å². The fourth-order valence-corrected chi connectivity index (χ4v) is 7.24. The molecule has 5 nitrogen and oxygen atoms in total. The second-order valence-electron chi connectivity index (χ2n) is 14.7. The third-order valence-electron chi connectivity index (χ3n) is 9.31. The van der Waals surface area contributed by atoms with E-state index in [2.05, 4.69) is 52.7 Å². The largest absolute Gasteiger partial charge is 0.410 e. The van der Waals surface area contributed by atoms with E-state index in [0.29, 0.717) is 37.3 Å². The molecule has 3 aliphatic rings. The maximum Gasteiger partial charge on any atom is 0.393 e. The predicted molar refractivity (Wildman–Crippen MR) is 161 cm³/mol. The average Bonchev–Trinajstić information content (AvgIpc) is 2.85. The van der Waals surface area contributed by atoms with Crippen LogP contribution in [0.25, 0.3) is 5.57 Å². The molecule has 3 atom stereocenters. The van der Waals surface area contributed by atoms with Crippen molar-refractivity contribution in [3.05, 3.63) is 34.2 Å². The number of aliphatic imine (C=N–C) groups is 1. The van der Waals surface area contributed by atoms with E-state index in [1.807, 2.05) is 19.9 Å². The van der Waals surface area contributed by atoms with E-state index in [4.69, 9.17) is 14.1 Å². The van der Waals surface area contributed by atoms with Gasteiger partial charge in [0.05, 0.1) is 43.0 Å². The Labute approximate surface area is 248 Å². The second-order valence-corrected chi connectivity index (χ2v) is 19.5. The van der Waals surface area contributed by atoms with Gasteiger partial charge in [0.2, 0.25) is 5.78 Å². The van der Waals surface area contributed by atoms with Crippen LogP contribution in [0.5, 0.6) is 0 Å². The van der Waals surface area contributed by atoms with Crippen LogP contribution in [-0.4, -0.2) is 56.9 Å². The zero-order chi connectivity index (χ0) is 31.4. The summed E-state index contributed by atoms with van der Waals surface area (Å²) < 4.78 is 68.3. The van der Waals surface area contributed by atoms with Gasteiger partial charge in [0, 0.05) is 11.3 Å². The Morgan fingerprint density at radius 1 is 1.19 bits per heavy atom. The molecule has 0 amide bonds. The number of nitrogens with zero attached hydrogens (tertiary/aromatic N) is 2. The number of fused-ring (bicyclic) bond motifs is 1. The number of rotatable bonds is 6. The van der Waals surface area contributed by atoms with Gasteiger partial charge in [-0.05, 0) is 66.3 Å². The van der Waals surface area contributed by atoms with Crippen molar-refractivity contribution in [2.75, 3.05) is 19.8 Å². The van der Waals surface area contributed by atoms with Crippen LogP contribution in [0.3, 0.4) is 0 Å². The molecule has 0 spiro atoms. The molecule has 0 bridgehead atoms.